The number of hydrogen-bond acceptors (Lipinski definition) is 3. The summed E-state index contributed by atoms with van der Waals surface area (Å²) in [6.07, 6.45) is 1.38. The lowest BCUT2D eigenvalue weighted by molar-refractivity contribution is -0.0528. The summed E-state index contributed by atoms with van der Waals surface area (Å²) < 4.78 is 28.5. The van der Waals surface area contributed by atoms with Gasteiger partial charge in [-0.1, -0.05) is 6.07 Å². The molecule has 0 aliphatic carbocycles. The SMILES string of the molecule is Cc1ccc(NC(N)=NCc2ccnc(OC(F)F)c2)cc1C. The summed E-state index contributed by atoms with van der Waals surface area (Å²) in [5.74, 6) is 0.0924. The first kappa shape index (κ1) is 16.7. The van der Waals surface area contributed by atoms with Gasteiger partial charge >= 0.3 is 6.61 Å². The van der Waals surface area contributed by atoms with Crippen LogP contribution in [0.4, 0.5) is 14.5 Å². The van der Waals surface area contributed by atoms with E-state index in [4.69, 9.17) is 5.73 Å². The number of hydrogen-bond donors (Lipinski definition) is 2. The molecule has 3 N–H and O–H groups in total. The van der Waals surface area contributed by atoms with Gasteiger partial charge < -0.3 is 15.8 Å². The Labute approximate surface area is 133 Å². The van der Waals surface area contributed by atoms with Crippen molar-refractivity contribution in [1.82, 2.24) is 4.98 Å². The van der Waals surface area contributed by atoms with Crippen molar-refractivity contribution < 1.29 is 13.5 Å². The van der Waals surface area contributed by atoms with E-state index in [1.54, 1.807) is 6.07 Å². The lowest BCUT2D eigenvalue weighted by Crippen LogP contribution is -2.22. The average molecular weight is 320 g/mol. The zero-order chi connectivity index (χ0) is 16.8. The summed E-state index contributed by atoms with van der Waals surface area (Å²) in [4.78, 5) is 7.87. The van der Waals surface area contributed by atoms with Crippen molar-refractivity contribution in [3.05, 3.63) is 53.2 Å². The molecule has 0 saturated heterocycles. The minimum Gasteiger partial charge on any atom is -0.417 e. The van der Waals surface area contributed by atoms with E-state index >= 15 is 0 Å². The molecule has 23 heavy (non-hydrogen) atoms. The van der Waals surface area contributed by atoms with Crippen molar-refractivity contribution in [3.8, 4) is 5.88 Å². The number of alkyl halides is 2. The number of pyridine rings is 1. The predicted octanol–water partition coefficient (Wildman–Crippen LogP) is 3.23. The van der Waals surface area contributed by atoms with Gasteiger partial charge in [0, 0.05) is 18.0 Å². The summed E-state index contributed by atoms with van der Waals surface area (Å²) in [6, 6.07) is 8.93. The monoisotopic (exact) mass is 320 g/mol. The Balaban J connectivity index is 2.00. The maximum Gasteiger partial charge on any atom is 0.388 e. The minimum absolute atomic E-state index is 0.145. The molecule has 0 atom stereocenters. The van der Waals surface area contributed by atoms with Crippen molar-refractivity contribution in [1.29, 1.82) is 0 Å². The second kappa shape index (κ2) is 7.53. The third-order valence-electron chi connectivity index (χ3n) is 3.22. The van der Waals surface area contributed by atoms with E-state index in [-0.39, 0.29) is 18.4 Å². The van der Waals surface area contributed by atoms with E-state index < -0.39 is 6.61 Å². The van der Waals surface area contributed by atoms with Crippen LogP contribution in [-0.2, 0) is 6.54 Å². The lowest BCUT2D eigenvalue weighted by Gasteiger charge is -2.08. The fourth-order valence-electron chi connectivity index (χ4n) is 1.89. The molecule has 1 aromatic carbocycles. The van der Waals surface area contributed by atoms with E-state index in [0.29, 0.717) is 5.56 Å². The maximum absolute atomic E-state index is 12.1. The fourth-order valence-corrected chi connectivity index (χ4v) is 1.89. The highest BCUT2D eigenvalue weighted by Crippen LogP contribution is 2.15. The predicted molar refractivity (Wildman–Crippen MR) is 85.7 cm³/mol. The van der Waals surface area contributed by atoms with Gasteiger partial charge in [-0.2, -0.15) is 8.78 Å². The smallest absolute Gasteiger partial charge is 0.388 e. The van der Waals surface area contributed by atoms with Crippen LogP contribution in [-0.4, -0.2) is 17.6 Å². The molecule has 122 valence electrons. The molecule has 0 radical (unpaired) electrons. The van der Waals surface area contributed by atoms with Gasteiger partial charge in [-0.3, -0.25) is 0 Å². The van der Waals surface area contributed by atoms with Gasteiger partial charge in [-0.15, -0.1) is 0 Å². The summed E-state index contributed by atoms with van der Waals surface area (Å²) >= 11 is 0. The van der Waals surface area contributed by atoms with Crippen LogP contribution in [0.1, 0.15) is 16.7 Å². The summed E-state index contributed by atoms with van der Waals surface area (Å²) in [7, 11) is 0. The van der Waals surface area contributed by atoms with E-state index in [2.05, 4.69) is 20.0 Å². The Morgan fingerprint density at radius 3 is 2.74 bits per heavy atom. The van der Waals surface area contributed by atoms with Gasteiger partial charge in [-0.25, -0.2) is 9.98 Å². The topological polar surface area (TPSA) is 72.5 Å². The number of nitrogens with one attached hydrogen (secondary N) is 1. The quantitative estimate of drug-likeness (QED) is 0.655. The number of aromatic nitrogens is 1. The van der Waals surface area contributed by atoms with Crippen LogP contribution in [0.2, 0.25) is 0 Å². The van der Waals surface area contributed by atoms with E-state index in [9.17, 15) is 8.78 Å². The Hall–Kier alpha value is -2.70. The molecule has 0 aliphatic rings. The molecule has 0 aliphatic heterocycles. The molecule has 0 bridgehead atoms. The first-order valence-electron chi connectivity index (χ1n) is 6.98. The number of nitrogens with two attached hydrogens (primary N) is 1. The number of aryl methyl sites for hydroxylation is 2. The summed E-state index contributed by atoms with van der Waals surface area (Å²) in [6.45, 7) is 1.36. The maximum atomic E-state index is 12.1. The zero-order valence-electron chi connectivity index (χ0n) is 12.9. The molecule has 0 unspecified atom stereocenters. The largest absolute Gasteiger partial charge is 0.417 e. The van der Waals surface area contributed by atoms with Gasteiger partial charge in [0.15, 0.2) is 5.96 Å². The Bertz CT molecular complexity index is 704. The van der Waals surface area contributed by atoms with Crippen molar-refractivity contribution >= 4 is 11.6 Å². The minimum atomic E-state index is -2.90. The number of aliphatic imine (C=N–C) groups is 1. The molecule has 2 rings (SSSR count). The van der Waals surface area contributed by atoms with Gasteiger partial charge in [-0.05, 0) is 48.7 Å². The van der Waals surface area contributed by atoms with Crippen molar-refractivity contribution in [2.75, 3.05) is 5.32 Å². The third-order valence-corrected chi connectivity index (χ3v) is 3.22. The number of anilines is 1. The molecular weight excluding hydrogens is 302 g/mol. The van der Waals surface area contributed by atoms with Crippen LogP contribution in [0.5, 0.6) is 5.88 Å². The van der Waals surface area contributed by atoms with E-state index in [1.807, 2.05) is 32.0 Å². The second-order valence-electron chi connectivity index (χ2n) is 5.01. The molecule has 0 spiro atoms. The number of ether oxygens (including phenoxy) is 1. The summed E-state index contributed by atoms with van der Waals surface area (Å²) in [5.41, 5.74) is 9.67. The van der Waals surface area contributed by atoms with Gasteiger partial charge in [0.25, 0.3) is 0 Å². The first-order chi connectivity index (χ1) is 10.9. The highest BCUT2D eigenvalue weighted by Gasteiger charge is 2.06. The fraction of sp³-hybridized carbons (Fsp3) is 0.250. The van der Waals surface area contributed by atoms with Crippen molar-refractivity contribution in [3.63, 3.8) is 0 Å². The Morgan fingerprint density at radius 1 is 1.26 bits per heavy atom. The highest BCUT2D eigenvalue weighted by molar-refractivity contribution is 5.92. The molecule has 0 fully saturated rings. The van der Waals surface area contributed by atoms with Gasteiger partial charge in [0.2, 0.25) is 5.88 Å². The van der Waals surface area contributed by atoms with Gasteiger partial charge in [0.05, 0.1) is 6.54 Å². The third kappa shape index (κ3) is 5.21. The summed E-state index contributed by atoms with van der Waals surface area (Å²) in [5, 5.41) is 2.99. The van der Waals surface area contributed by atoms with E-state index in [1.165, 1.54) is 17.8 Å². The van der Waals surface area contributed by atoms with E-state index in [0.717, 1.165) is 11.3 Å². The molecule has 5 nitrogen and oxygen atoms in total. The second-order valence-corrected chi connectivity index (χ2v) is 5.01. The molecule has 0 amide bonds. The number of nitrogens with zero attached hydrogens (tertiary/aromatic N) is 2. The molecule has 7 heteroatoms. The number of guanidine groups is 1. The first-order valence-corrected chi connectivity index (χ1v) is 6.98. The highest BCUT2D eigenvalue weighted by atomic mass is 19.3. The van der Waals surface area contributed by atoms with Crippen LogP contribution >= 0.6 is 0 Å². The Kier molecular flexibility index (Phi) is 5.46. The normalized spacial score (nSPS) is 11.6. The van der Waals surface area contributed by atoms with Crippen LogP contribution in [0.15, 0.2) is 41.5 Å². The molecule has 0 saturated carbocycles. The van der Waals surface area contributed by atoms with Crippen LogP contribution < -0.4 is 15.8 Å². The van der Waals surface area contributed by atoms with Crippen molar-refractivity contribution in [2.45, 2.75) is 27.0 Å². The van der Waals surface area contributed by atoms with Gasteiger partial charge in [0.1, 0.15) is 0 Å². The number of benzene rings is 1. The number of rotatable bonds is 5. The lowest BCUT2D eigenvalue weighted by atomic mass is 10.1. The van der Waals surface area contributed by atoms with Crippen molar-refractivity contribution in [2.24, 2.45) is 10.7 Å². The molecule has 1 heterocycles. The van der Waals surface area contributed by atoms with Crippen LogP contribution in [0.25, 0.3) is 0 Å². The number of halogens is 2. The van der Waals surface area contributed by atoms with Crippen LogP contribution in [0.3, 0.4) is 0 Å². The zero-order valence-corrected chi connectivity index (χ0v) is 12.9. The Morgan fingerprint density at radius 2 is 2.04 bits per heavy atom. The molecule has 2 aromatic rings. The standard InChI is InChI=1S/C16H18F2N4O/c1-10-3-4-13(7-11(10)2)22-16(19)21-9-12-5-6-20-14(8-12)23-15(17)18/h3-8,15H,9H2,1-2H3,(H3,19,21,22). The molecule has 1 aromatic heterocycles. The average Bonchev–Trinajstić information content (AvgIpc) is 2.49. The van der Waals surface area contributed by atoms with Crippen LogP contribution in [0, 0.1) is 13.8 Å². The molecular formula is C16H18F2N4O.